The maximum absolute atomic E-state index is 12.5. The molecule has 0 saturated heterocycles. The Labute approximate surface area is 159 Å². The van der Waals surface area contributed by atoms with E-state index in [2.05, 4.69) is 14.8 Å². The van der Waals surface area contributed by atoms with E-state index < -0.39 is 40.2 Å². The SMILES string of the molecule is COC(=O)c1cc(S(=O)(=O)Nc2ccc(C(=O)NCC(=O)O)cc2)ccc1O. The molecule has 2 aromatic carbocycles. The van der Waals surface area contributed by atoms with Crippen molar-refractivity contribution >= 4 is 33.6 Å². The van der Waals surface area contributed by atoms with Gasteiger partial charge >= 0.3 is 11.9 Å². The number of aromatic hydroxyl groups is 1. The first-order valence-corrected chi connectivity index (χ1v) is 9.16. The van der Waals surface area contributed by atoms with Crippen LogP contribution >= 0.6 is 0 Å². The number of sulfonamides is 1. The van der Waals surface area contributed by atoms with Crippen molar-refractivity contribution in [2.24, 2.45) is 0 Å². The van der Waals surface area contributed by atoms with Crippen LogP contribution in [0.25, 0.3) is 0 Å². The fraction of sp³-hybridized carbons (Fsp3) is 0.118. The summed E-state index contributed by atoms with van der Waals surface area (Å²) in [6.45, 7) is -0.545. The molecule has 0 fully saturated rings. The standard InChI is InChI=1S/C17H16N2O8S/c1-27-17(24)13-8-12(6-7-14(13)20)28(25,26)19-11-4-2-10(3-5-11)16(23)18-9-15(21)22/h2-8,19-20H,9H2,1H3,(H,18,23)(H,21,22). The number of nitrogens with one attached hydrogen (secondary N) is 2. The molecule has 10 nitrogen and oxygen atoms in total. The Hall–Kier alpha value is -3.60. The van der Waals surface area contributed by atoms with E-state index >= 15 is 0 Å². The third-order valence-corrected chi connectivity index (χ3v) is 4.86. The zero-order valence-corrected chi connectivity index (χ0v) is 15.3. The van der Waals surface area contributed by atoms with Gasteiger partial charge in [0.25, 0.3) is 15.9 Å². The maximum Gasteiger partial charge on any atom is 0.341 e. The number of aliphatic carboxylic acids is 1. The van der Waals surface area contributed by atoms with Crippen LogP contribution in [0.3, 0.4) is 0 Å². The number of hydrogen-bond donors (Lipinski definition) is 4. The summed E-state index contributed by atoms with van der Waals surface area (Å²) in [5.74, 6) is -3.15. The second-order valence-electron chi connectivity index (χ2n) is 5.43. The Morgan fingerprint density at radius 2 is 1.71 bits per heavy atom. The highest BCUT2D eigenvalue weighted by Gasteiger charge is 2.20. The molecule has 2 aromatic rings. The number of carbonyl (C=O) groups excluding carboxylic acids is 2. The van der Waals surface area contributed by atoms with Crippen molar-refractivity contribution in [1.82, 2.24) is 5.32 Å². The fourth-order valence-corrected chi connectivity index (χ4v) is 3.20. The number of esters is 1. The van der Waals surface area contributed by atoms with Gasteiger partial charge in [0.1, 0.15) is 17.9 Å². The van der Waals surface area contributed by atoms with Gasteiger partial charge in [-0.3, -0.25) is 14.3 Å². The number of methoxy groups -OCH3 is 1. The van der Waals surface area contributed by atoms with Gasteiger partial charge in [0.15, 0.2) is 0 Å². The molecule has 0 heterocycles. The summed E-state index contributed by atoms with van der Waals surface area (Å²) in [7, 11) is -3.00. The molecule has 0 radical (unpaired) electrons. The van der Waals surface area contributed by atoms with Crippen molar-refractivity contribution in [3.63, 3.8) is 0 Å². The van der Waals surface area contributed by atoms with Gasteiger partial charge in [0, 0.05) is 11.3 Å². The Morgan fingerprint density at radius 3 is 2.29 bits per heavy atom. The van der Waals surface area contributed by atoms with Gasteiger partial charge < -0.3 is 20.3 Å². The van der Waals surface area contributed by atoms with Crippen LogP contribution in [-0.4, -0.2) is 50.1 Å². The second-order valence-corrected chi connectivity index (χ2v) is 7.11. The summed E-state index contributed by atoms with van der Waals surface area (Å²) in [5, 5.41) is 20.4. The Balaban J connectivity index is 2.19. The summed E-state index contributed by atoms with van der Waals surface area (Å²) >= 11 is 0. The van der Waals surface area contributed by atoms with E-state index in [1.807, 2.05) is 0 Å². The molecule has 0 atom stereocenters. The van der Waals surface area contributed by atoms with Crippen LogP contribution in [0.5, 0.6) is 5.75 Å². The van der Waals surface area contributed by atoms with Crippen molar-refractivity contribution < 1.29 is 37.8 Å². The molecule has 0 spiro atoms. The number of phenolic OH excluding ortho intramolecular Hbond substituents is 1. The fourth-order valence-electron chi connectivity index (χ4n) is 2.12. The first kappa shape index (κ1) is 20.7. The number of benzene rings is 2. The molecule has 4 N–H and O–H groups in total. The molecule has 0 aliphatic carbocycles. The predicted molar refractivity (Wildman–Crippen MR) is 96.7 cm³/mol. The van der Waals surface area contributed by atoms with Crippen molar-refractivity contribution in [1.29, 1.82) is 0 Å². The number of carboxylic acid groups (broad SMARTS) is 1. The minimum atomic E-state index is -4.10. The van der Waals surface area contributed by atoms with Crippen molar-refractivity contribution in [3.8, 4) is 5.75 Å². The quantitative estimate of drug-likeness (QED) is 0.489. The zero-order valence-electron chi connectivity index (χ0n) is 14.5. The van der Waals surface area contributed by atoms with E-state index in [9.17, 15) is 27.9 Å². The third kappa shape index (κ3) is 4.98. The molecule has 28 heavy (non-hydrogen) atoms. The third-order valence-electron chi connectivity index (χ3n) is 3.48. The van der Waals surface area contributed by atoms with E-state index in [0.29, 0.717) is 0 Å². The van der Waals surface area contributed by atoms with Crippen LogP contribution in [0.15, 0.2) is 47.4 Å². The molecule has 0 aromatic heterocycles. The number of hydrogen-bond acceptors (Lipinski definition) is 7. The minimum Gasteiger partial charge on any atom is -0.507 e. The normalized spacial score (nSPS) is 10.8. The molecule has 0 aliphatic heterocycles. The highest BCUT2D eigenvalue weighted by molar-refractivity contribution is 7.92. The lowest BCUT2D eigenvalue weighted by Gasteiger charge is -2.10. The predicted octanol–water partition coefficient (Wildman–Crippen LogP) is 0.794. The molecule has 2 rings (SSSR count). The largest absolute Gasteiger partial charge is 0.507 e. The average Bonchev–Trinajstić information content (AvgIpc) is 2.66. The number of amides is 1. The number of ether oxygens (including phenoxy) is 1. The molecular weight excluding hydrogens is 392 g/mol. The summed E-state index contributed by atoms with van der Waals surface area (Å²) in [6, 6.07) is 8.38. The lowest BCUT2D eigenvalue weighted by molar-refractivity contribution is -0.135. The van der Waals surface area contributed by atoms with E-state index in [0.717, 1.165) is 25.3 Å². The molecule has 0 unspecified atom stereocenters. The summed E-state index contributed by atoms with van der Waals surface area (Å²) < 4.78 is 31.7. The first-order valence-electron chi connectivity index (χ1n) is 7.68. The van der Waals surface area contributed by atoms with Crippen molar-refractivity contribution in [3.05, 3.63) is 53.6 Å². The van der Waals surface area contributed by atoms with Crippen LogP contribution in [0, 0.1) is 0 Å². The number of carboxylic acids is 1. The summed E-state index contributed by atoms with van der Waals surface area (Å²) in [5.41, 5.74) is -0.0416. The summed E-state index contributed by atoms with van der Waals surface area (Å²) in [4.78, 5) is 33.5. The van der Waals surface area contributed by atoms with Crippen LogP contribution in [0.2, 0.25) is 0 Å². The summed E-state index contributed by atoms with van der Waals surface area (Å²) in [6.07, 6.45) is 0. The number of carbonyl (C=O) groups is 3. The van der Waals surface area contributed by atoms with Gasteiger partial charge in [0.2, 0.25) is 0 Å². The smallest absolute Gasteiger partial charge is 0.341 e. The zero-order chi connectivity index (χ0) is 20.9. The number of rotatable bonds is 7. The lowest BCUT2D eigenvalue weighted by Crippen LogP contribution is -2.29. The van der Waals surface area contributed by atoms with Gasteiger partial charge in [-0.15, -0.1) is 0 Å². The van der Waals surface area contributed by atoms with E-state index in [1.54, 1.807) is 0 Å². The molecule has 0 saturated carbocycles. The van der Waals surface area contributed by atoms with Gasteiger partial charge in [-0.2, -0.15) is 0 Å². The molecule has 148 valence electrons. The number of anilines is 1. The van der Waals surface area contributed by atoms with Crippen LogP contribution < -0.4 is 10.0 Å². The van der Waals surface area contributed by atoms with Gasteiger partial charge in [-0.05, 0) is 42.5 Å². The van der Waals surface area contributed by atoms with E-state index in [-0.39, 0.29) is 21.7 Å². The Bertz CT molecular complexity index is 1020. The molecule has 11 heteroatoms. The monoisotopic (exact) mass is 408 g/mol. The van der Waals surface area contributed by atoms with Crippen molar-refractivity contribution in [2.75, 3.05) is 18.4 Å². The maximum atomic E-state index is 12.5. The van der Waals surface area contributed by atoms with Crippen LogP contribution in [-0.2, 0) is 19.6 Å². The minimum absolute atomic E-state index is 0.127. The molecule has 0 aliphatic rings. The van der Waals surface area contributed by atoms with Crippen LogP contribution in [0.1, 0.15) is 20.7 Å². The van der Waals surface area contributed by atoms with Gasteiger partial charge in [-0.25, -0.2) is 13.2 Å². The lowest BCUT2D eigenvalue weighted by atomic mass is 10.2. The van der Waals surface area contributed by atoms with E-state index in [1.165, 1.54) is 24.3 Å². The Morgan fingerprint density at radius 1 is 1.07 bits per heavy atom. The highest BCUT2D eigenvalue weighted by Crippen LogP contribution is 2.24. The first-order chi connectivity index (χ1) is 13.1. The average molecular weight is 408 g/mol. The highest BCUT2D eigenvalue weighted by atomic mass is 32.2. The van der Waals surface area contributed by atoms with E-state index in [4.69, 9.17) is 5.11 Å². The van der Waals surface area contributed by atoms with Gasteiger partial charge in [0.05, 0.1) is 12.0 Å². The molecule has 1 amide bonds. The topological polar surface area (TPSA) is 159 Å². The number of phenols is 1. The Kier molecular flexibility index (Phi) is 6.21. The molecule has 0 bridgehead atoms. The second kappa shape index (κ2) is 8.39. The molecular formula is C17H16N2O8S. The van der Waals surface area contributed by atoms with Crippen molar-refractivity contribution in [2.45, 2.75) is 4.90 Å². The van der Waals surface area contributed by atoms with Crippen LogP contribution in [0.4, 0.5) is 5.69 Å². The van der Waals surface area contributed by atoms with Gasteiger partial charge in [-0.1, -0.05) is 0 Å².